The van der Waals surface area contributed by atoms with Crippen LogP contribution >= 0.6 is 0 Å². The number of anilines is 1. The van der Waals surface area contributed by atoms with E-state index in [-0.39, 0.29) is 77.8 Å². The highest BCUT2D eigenvalue weighted by atomic mass is 32.2. The first-order chi connectivity index (χ1) is 38.2. The van der Waals surface area contributed by atoms with Crippen molar-refractivity contribution >= 4 is 58.2 Å². The van der Waals surface area contributed by atoms with Crippen molar-refractivity contribution in [2.24, 2.45) is 5.92 Å². The number of H-pyrrole nitrogens is 1. The van der Waals surface area contributed by atoms with E-state index in [1.54, 1.807) is 35.9 Å². The molecule has 0 bridgehead atoms. The summed E-state index contributed by atoms with van der Waals surface area (Å²) in [6.07, 6.45) is 3.62. The van der Waals surface area contributed by atoms with Gasteiger partial charge in [-0.15, -0.1) is 0 Å². The first-order valence-electron chi connectivity index (χ1n) is 25.5. The Hall–Kier alpha value is -7.65. The van der Waals surface area contributed by atoms with Crippen LogP contribution in [-0.4, -0.2) is 131 Å². The number of nitrogen functional groups attached to an aromatic ring is 1. The first-order valence-corrected chi connectivity index (χ1v) is 30.2. The van der Waals surface area contributed by atoms with E-state index in [1.807, 2.05) is 54.0 Å². The Labute approximate surface area is 459 Å². The maximum atomic E-state index is 14.3. The zero-order valence-corrected chi connectivity index (χ0v) is 46.0. The highest BCUT2D eigenvalue weighted by Gasteiger charge is 2.37. The zero-order chi connectivity index (χ0) is 56.9. The topological polar surface area (TPSA) is 255 Å². The number of piperazine rings is 1. The Morgan fingerprint density at radius 1 is 0.787 bits per heavy atom. The van der Waals surface area contributed by atoms with Crippen LogP contribution in [0.5, 0.6) is 11.5 Å². The molecule has 4 aromatic carbocycles. The van der Waals surface area contributed by atoms with E-state index in [9.17, 15) is 48.0 Å². The van der Waals surface area contributed by atoms with Gasteiger partial charge in [0.25, 0.3) is 11.5 Å². The van der Waals surface area contributed by atoms with Crippen molar-refractivity contribution in [2.75, 3.05) is 63.2 Å². The number of nitrogens with one attached hydrogen (secondary N) is 1. The number of halogens is 3. The summed E-state index contributed by atoms with van der Waals surface area (Å²) in [4.78, 5) is 34.7. The number of carbonyl (C=O) groups is 1. The van der Waals surface area contributed by atoms with Crippen LogP contribution in [0, 0.1) is 37.2 Å². The van der Waals surface area contributed by atoms with Gasteiger partial charge in [-0.25, -0.2) is 48.4 Å². The number of rotatable bonds is 12. The number of sulfone groups is 1. The number of aryl methyl sites for hydroxylation is 2. The number of nitrogens with zero attached hydrogens (tertiary/aromatic N) is 8. The molecule has 26 heteroatoms. The lowest BCUT2D eigenvalue weighted by Gasteiger charge is -2.33. The van der Waals surface area contributed by atoms with Crippen molar-refractivity contribution < 1.29 is 52.7 Å². The average Bonchev–Trinajstić information content (AvgIpc) is 4.08. The predicted octanol–water partition coefficient (Wildman–Crippen LogP) is 6.13. The van der Waals surface area contributed by atoms with Crippen molar-refractivity contribution in [3.05, 3.63) is 172 Å². The van der Waals surface area contributed by atoms with Crippen molar-refractivity contribution in [1.29, 1.82) is 0 Å². The molecule has 11 rings (SSSR count). The second-order valence-electron chi connectivity index (χ2n) is 19.3. The standard InChI is InChI=1S/C19H25FN4O3S.C18H18F2N2O6S2.C17H14N4O/c1-13-11-18(23-22-13)19(25)24(12-15-16(20)3-2-4-17(15)21)8-5-14-6-9-28(26,27)10-7-14;19-14-2-1-3-15(20)18(14)30(25,26)22-8-6-21(7-9-22)29(23,24)13-4-5-16-17(12-13)28-11-10-27-16;1-12-5-4-8-16-19-13(9-17(22)21(12)16)10-20-11-18-14-6-2-3-7-15(14)20/h2-4,11,14H,5-10,12,21H2,1H3,(H,22,23);1-5,12H,6-11H2;2-9,11H,10H2,1H3. The number of benzene rings is 4. The summed E-state index contributed by atoms with van der Waals surface area (Å²) in [5, 5.41) is 6.76. The highest BCUT2D eigenvalue weighted by molar-refractivity contribution is 7.91. The van der Waals surface area contributed by atoms with Gasteiger partial charge in [-0.05, 0) is 106 Å². The van der Waals surface area contributed by atoms with Gasteiger partial charge in [0, 0.05) is 67.5 Å². The van der Waals surface area contributed by atoms with Gasteiger partial charge in [0.2, 0.25) is 20.0 Å². The van der Waals surface area contributed by atoms with Gasteiger partial charge in [-0.1, -0.05) is 30.3 Å². The van der Waals surface area contributed by atoms with Crippen molar-refractivity contribution in [2.45, 2.75) is 56.0 Å². The Kier molecular flexibility index (Phi) is 17.1. The molecule has 0 saturated carbocycles. The molecule has 422 valence electrons. The molecule has 3 aliphatic heterocycles. The third-order valence-electron chi connectivity index (χ3n) is 13.9. The Balaban J connectivity index is 0.000000147. The summed E-state index contributed by atoms with van der Waals surface area (Å²) in [7, 11) is -11.3. The normalized spacial score (nSPS) is 15.9. The number of carbonyl (C=O) groups excluding carboxylic acids is 1. The van der Waals surface area contributed by atoms with Crippen molar-refractivity contribution in [3.8, 4) is 11.5 Å². The van der Waals surface area contributed by atoms with Gasteiger partial charge in [-0.3, -0.25) is 19.1 Å². The second-order valence-corrected chi connectivity index (χ2v) is 25.4. The first kappa shape index (κ1) is 57.0. The van der Waals surface area contributed by atoms with Gasteiger partial charge in [-0.2, -0.15) is 13.7 Å². The fraction of sp³-hybridized carbons (Fsp3) is 0.315. The van der Waals surface area contributed by atoms with Gasteiger partial charge in [0.15, 0.2) is 16.4 Å². The lowest BCUT2D eigenvalue weighted by atomic mass is 9.98. The number of nitrogens with two attached hydrogens (primary N) is 1. The molecule has 0 spiro atoms. The van der Waals surface area contributed by atoms with Crippen LogP contribution in [0.3, 0.4) is 0 Å². The summed E-state index contributed by atoms with van der Waals surface area (Å²) < 4.78 is 133. The molecule has 2 saturated heterocycles. The van der Waals surface area contributed by atoms with Crippen LogP contribution in [0.15, 0.2) is 130 Å². The molecule has 2 fully saturated rings. The number of hydrogen-bond acceptors (Lipinski definition) is 14. The van der Waals surface area contributed by atoms with Crippen LogP contribution < -0.4 is 20.8 Å². The highest BCUT2D eigenvalue weighted by Crippen LogP contribution is 2.34. The van der Waals surface area contributed by atoms with E-state index in [0.29, 0.717) is 68.4 Å². The number of hydrogen-bond donors (Lipinski definition) is 2. The van der Waals surface area contributed by atoms with Crippen LogP contribution in [0.4, 0.5) is 18.9 Å². The monoisotopic (exact) mass is 1160 g/mol. The van der Waals surface area contributed by atoms with Crippen LogP contribution in [0.2, 0.25) is 0 Å². The van der Waals surface area contributed by atoms with Crippen molar-refractivity contribution in [3.63, 3.8) is 0 Å². The summed E-state index contributed by atoms with van der Waals surface area (Å²) in [6.45, 7) is 4.53. The molecular formula is C54H57F3N10O10S3. The van der Waals surface area contributed by atoms with Crippen LogP contribution in [-0.2, 0) is 43.0 Å². The quantitative estimate of drug-likeness (QED) is 0.131. The fourth-order valence-electron chi connectivity index (χ4n) is 9.54. The molecule has 0 aliphatic carbocycles. The number of amides is 1. The van der Waals surface area contributed by atoms with Crippen LogP contribution in [0.1, 0.15) is 52.4 Å². The maximum Gasteiger partial charge on any atom is 0.274 e. The Bertz CT molecular complexity index is 3950. The number of pyridine rings is 1. The van der Waals surface area contributed by atoms with E-state index >= 15 is 0 Å². The molecular weight excluding hydrogens is 1100 g/mol. The molecule has 3 N–H and O–H groups in total. The second kappa shape index (κ2) is 24.0. The van der Waals surface area contributed by atoms with Crippen molar-refractivity contribution in [1.82, 2.24) is 42.6 Å². The number of fused-ring (bicyclic) bond motifs is 3. The number of imidazole rings is 1. The van der Waals surface area contributed by atoms with E-state index in [2.05, 4.69) is 20.2 Å². The molecule has 3 aliphatic rings. The Morgan fingerprint density at radius 2 is 1.44 bits per heavy atom. The molecule has 8 aromatic rings. The minimum absolute atomic E-state index is 0.0109. The molecule has 0 radical (unpaired) electrons. The number of aromatic amines is 1. The van der Waals surface area contributed by atoms with E-state index in [4.69, 9.17) is 15.2 Å². The maximum absolute atomic E-state index is 14.3. The SMILES string of the molecule is Cc1cc(C(=O)N(CCC2CCS(=O)(=O)CC2)Cc2c(N)cccc2F)n[nH]1.Cc1cccc2nc(Cn3cnc4ccccc43)cc(=O)n12.O=S(=O)(c1ccc2c(c1)OCCO2)N1CCN(S(=O)(=O)c2c(F)cccc2F)CC1. The number of ether oxygens (including phenoxy) is 2. The molecule has 80 heavy (non-hydrogen) atoms. The average molecular weight is 1160 g/mol. The molecule has 0 atom stereocenters. The molecule has 7 heterocycles. The summed E-state index contributed by atoms with van der Waals surface area (Å²) in [5.41, 5.74) is 11.7. The lowest BCUT2D eigenvalue weighted by Crippen LogP contribution is -2.50. The van der Waals surface area contributed by atoms with Gasteiger partial charge in [0.1, 0.15) is 51.8 Å². The fourth-order valence-corrected chi connectivity index (χ4v) is 14.1. The smallest absolute Gasteiger partial charge is 0.274 e. The molecule has 0 unspecified atom stereocenters. The summed E-state index contributed by atoms with van der Waals surface area (Å²) in [6, 6.07) is 28.3. The van der Waals surface area contributed by atoms with E-state index in [1.165, 1.54) is 35.2 Å². The van der Waals surface area contributed by atoms with Gasteiger partial charge < -0.3 is 24.7 Å². The minimum atomic E-state index is -4.44. The number of para-hydroxylation sites is 2. The number of sulfonamides is 2. The zero-order valence-electron chi connectivity index (χ0n) is 43.5. The lowest BCUT2D eigenvalue weighted by molar-refractivity contribution is 0.0724. The largest absolute Gasteiger partial charge is 0.486 e. The molecule has 20 nitrogen and oxygen atoms in total. The third kappa shape index (κ3) is 12.8. The number of aromatic nitrogens is 6. The van der Waals surface area contributed by atoms with E-state index in [0.717, 1.165) is 54.9 Å². The molecule has 4 aromatic heterocycles. The predicted molar refractivity (Wildman–Crippen MR) is 291 cm³/mol. The summed E-state index contributed by atoms with van der Waals surface area (Å²) >= 11 is 0. The van der Waals surface area contributed by atoms with Gasteiger partial charge in [0.05, 0.1) is 52.5 Å². The Morgan fingerprint density at radius 3 is 2.12 bits per heavy atom. The summed E-state index contributed by atoms with van der Waals surface area (Å²) in [5.74, 6) is -1.80. The molecule has 1 amide bonds. The van der Waals surface area contributed by atoms with Crippen LogP contribution in [0.25, 0.3) is 16.7 Å². The van der Waals surface area contributed by atoms with Gasteiger partial charge >= 0.3 is 0 Å². The minimum Gasteiger partial charge on any atom is -0.486 e. The third-order valence-corrected chi connectivity index (χ3v) is 19.4. The van der Waals surface area contributed by atoms with E-state index < -0.39 is 52.2 Å².